The maximum atomic E-state index is 12.3. The highest BCUT2D eigenvalue weighted by Gasteiger charge is 2.11. The molecule has 2 rings (SSSR count). The number of carbonyl (C=O) groups excluding carboxylic acids is 1. The van der Waals surface area contributed by atoms with Gasteiger partial charge in [0.1, 0.15) is 5.75 Å². The lowest BCUT2D eigenvalue weighted by molar-refractivity contribution is -0.118. The van der Waals surface area contributed by atoms with Crippen molar-refractivity contribution >= 4 is 17.3 Å². The molecule has 0 aromatic heterocycles. The fourth-order valence-corrected chi connectivity index (χ4v) is 2.59. The summed E-state index contributed by atoms with van der Waals surface area (Å²) in [4.78, 5) is 14.4. The number of hydrogen-bond acceptors (Lipinski definition) is 3. The minimum Gasteiger partial charge on any atom is -0.483 e. The third-order valence-electron chi connectivity index (χ3n) is 4.19. The Kier molecular flexibility index (Phi) is 6.45. The van der Waals surface area contributed by atoms with Crippen molar-refractivity contribution in [2.45, 2.75) is 33.6 Å². The van der Waals surface area contributed by atoms with Crippen LogP contribution < -0.4 is 15.0 Å². The first-order valence-electron chi connectivity index (χ1n) is 8.75. The Morgan fingerprint density at radius 1 is 1.20 bits per heavy atom. The van der Waals surface area contributed by atoms with E-state index in [2.05, 4.69) is 43.1 Å². The van der Waals surface area contributed by atoms with Crippen LogP contribution in [-0.2, 0) is 4.79 Å². The van der Waals surface area contributed by atoms with Crippen LogP contribution in [0.15, 0.2) is 42.5 Å². The molecule has 0 radical (unpaired) electrons. The molecule has 2 aromatic rings. The van der Waals surface area contributed by atoms with Crippen molar-refractivity contribution < 1.29 is 9.53 Å². The van der Waals surface area contributed by atoms with Gasteiger partial charge in [-0.05, 0) is 55.2 Å². The van der Waals surface area contributed by atoms with Gasteiger partial charge in [0, 0.05) is 25.0 Å². The number of rotatable bonds is 7. The second-order valence-electron chi connectivity index (χ2n) is 6.60. The quantitative estimate of drug-likeness (QED) is 0.801. The molecule has 0 bridgehead atoms. The molecule has 0 fully saturated rings. The van der Waals surface area contributed by atoms with E-state index < -0.39 is 0 Å². The Morgan fingerprint density at radius 2 is 1.96 bits per heavy atom. The topological polar surface area (TPSA) is 41.6 Å². The summed E-state index contributed by atoms with van der Waals surface area (Å²) in [5, 5.41) is 2.90. The zero-order valence-corrected chi connectivity index (χ0v) is 15.8. The average Bonchev–Trinajstić information content (AvgIpc) is 2.59. The number of nitrogens with one attached hydrogen (secondary N) is 1. The monoisotopic (exact) mass is 340 g/mol. The molecular weight excluding hydrogens is 312 g/mol. The molecule has 25 heavy (non-hydrogen) atoms. The lowest BCUT2D eigenvalue weighted by atomic mass is 10.0. The summed E-state index contributed by atoms with van der Waals surface area (Å²) >= 11 is 0. The molecule has 0 aliphatic heterocycles. The van der Waals surface area contributed by atoms with E-state index in [9.17, 15) is 4.79 Å². The molecular formula is C21H28N2O2. The van der Waals surface area contributed by atoms with Gasteiger partial charge in [-0.1, -0.05) is 32.0 Å². The average molecular weight is 340 g/mol. The molecule has 1 amide bonds. The maximum absolute atomic E-state index is 12.3. The maximum Gasteiger partial charge on any atom is 0.262 e. The highest BCUT2D eigenvalue weighted by molar-refractivity contribution is 5.92. The van der Waals surface area contributed by atoms with Gasteiger partial charge in [-0.3, -0.25) is 4.79 Å². The minimum absolute atomic E-state index is 0.00296. The number of benzene rings is 2. The summed E-state index contributed by atoms with van der Waals surface area (Å²) in [7, 11) is 2.02. The van der Waals surface area contributed by atoms with Crippen molar-refractivity contribution in [1.29, 1.82) is 0 Å². The Hall–Kier alpha value is -2.49. The summed E-state index contributed by atoms with van der Waals surface area (Å²) in [6.07, 6.45) is 0. The van der Waals surface area contributed by atoms with E-state index in [0.717, 1.165) is 34.8 Å². The Balaban J connectivity index is 2.01. The molecule has 0 heterocycles. The van der Waals surface area contributed by atoms with E-state index >= 15 is 0 Å². The number of amides is 1. The van der Waals surface area contributed by atoms with Crippen LogP contribution >= 0.6 is 0 Å². The molecule has 134 valence electrons. The van der Waals surface area contributed by atoms with E-state index in [1.807, 2.05) is 44.3 Å². The Morgan fingerprint density at radius 3 is 2.64 bits per heavy atom. The van der Waals surface area contributed by atoms with Crippen molar-refractivity contribution in [2.24, 2.45) is 0 Å². The van der Waals surface area contributed by atoms with Gasteiger partial charge in [0.15, 0.2) is 6.61 Å². The lowest BCUT2D eigenvalue weighted by Gasteiger charge is -2.18. The predicted molar refractivity (Wildman–Crippen MR) is 105 cm³/mol. The predicted octanol–water partition coefficient (Wildman–Crippen LogP) is 4.59. The standard InChI is InChI=1S/C21H28N2O2/c1-6-23(5)18-9-7-8-17(13-18)22-21(24)14-25-20-12-16(4)10-11-19(20)15(2)3/h7-13,15H,6,14H2,1-5H3,(H,22,24). The van der Waals surface area contributed by atoms with Gasteiger partial charge in [-0.2, -0.15) is 0 Å². The van der Waals surface area contributed by atoms with Crippen LogP contribution in [0.1, 0.15) is 37.8 Å². The summed E-state index contributed by atoms with van der Waals surface area (Å²) in [5.74, 6) is 0.969. The van der Waals surface area contributed by atoms with Crippen molar-refractivity contribution in [1.82, 2.24) is 0 Å². The Bertz CT molecular complexity index is 726. The van der Waals surface area contributed by atoms with Crippen LogP contribution in [0.4, 0.5) is 11.4 Å². The van der Waals surface area contributed by atoms with E-state index in [4.69, 9.17) is 4.74 Å². The summed E-state index contributed by atoms with van der Waals surface area (Å²) in [5.41, 5.74) is 4.09. The molecule has 0 aliphatic rings. The largest absolute Gasteiger partial charge is 0.483 e. The molecule has 2 aromatic carbocycles. The van der Waals surface area contributed by atoms with Gasteiger partial charge < -0.3 is 15.0 Å². The summed E-state index contributed by atoms with van der Waals surface area (Å²) in [6, 6.07) is 13.9. The van der Waals surface area contributed by atoms with Gasteiger partial charge in [0.2, 0.25) is 0 Å². The van der Waals surface area contributed by atoms with Gasteiger partial charge in [0.25, 0.3) is 5.91 Å². The third kappa shape index (κ3) is 5.24. The summed E-state index contributed by atoms with van der Waals surface area (Å²) < 4.78 is 5.79. The lowest BCUT2D eigenvalue weighted by Crippen LogP contribution is -2.21. The molecule has 0 aliphatic carbocycles. The molecule has 0 saturated heterocycles. The van der Waals surface area contributed by atoms with Gasteiger partial charge in [-0.25, -0.2) is 0 Å². The fraction of sp³-hybridized carbons (Fsp3) is 0.381. The number of carbonyl (C=O) groups is 1. The molecule has 0 unspecified atom stereocenters. The van der Waals surface area contributed by atoms with Gasteiger partial charge in [-0.15, -0.1) is 0 Å². The van der Waals surface area contributed by atoms with E-state index in [1.54, 1.807) is 0 Å². The normalized spacial score (nSPS) is 10.6. The van der Waals surface area contributed by atoms with Crippen molar-refractivity contribution in [3.05, 3.63) is 53.6 Å². The SMILES string of the molecule is CCN(C)c1cccc(NC(=O)COc2cc(C)ccc2C(C)C)c1. The molecule has 0 saturated carbocycles. The highest BCUT2D eigenvalue weighted by Crippen LogP contribution is 2.27. The smallest absolute Gasteiger partial charge is 0.262 e. The fourth-order valence-electron chi connectivity index (χ4n) is 2.59. The molecule has 4 heteroatoms. The molecule has 0 atom stereocenters. The van der Waals surface area contributed by atoms with Crippen molar-refractivity contribution in [3.8, 4) is 5.75 Å². The van der Waals surface area contributed by atoms with E-state index in [-0.39, 0.29) is 12.5 Å². The van der Waals surface area contributed by atoms with Crippen molar-refractivity contribution in [3.63, 3.8) is 0 Å². The number of aryl methyl sites for hydroxylation is 1. The van der Waals surface area contributed by atoms with E-state index in [0.29, 0.717) is 5.92 Å². The van der Waals surface area contributed by atoms with Gasteiger partial charge in [0.05, 0.1) is 0 Å². The first kappa shape index (κ1) is 18.8. The van der Waals surface area contributed by atoms with Crippen LogP contribution in [0.2, 0.25) is 0 Å². The third-order valence-corrected chi connectivity index (χ3v) is 4.19. The van der Waals surface area contributed by atoms with Crippen LogP contribution in [-0.4, -0.2) is 26.1 Å². The highest BCUT2D eigenvalue weighted by atomic mass is 16.5. The minimum atomic E-state index is -0.160. The number of anilines is 2. The zero-order valence-electron chi connectivity index (χ0n) is 15.8. The van der Waals surface area contributed by atoms with Crippen molar-refractivity contribution in [2.75, 3.05) is 30.4 Å². The number of nitrogens with zero attached hydrogens (tertiary/aromatic N) is 1. The van der Waals surface area contributed by atoms with Crippen LogP contribution in [0.25, 0.3) is 0 Å². The van der Waals surface area contributed by atoms with E-state index in [1.165, 1.54) is 0 Å². The Labute approximate surface area is 150 Å². The van der Waals surface area contributed by atoms with Crippen LogP contribution in [0.5, 0.6) is 5.75 Å². The number of ether oxygens (including phenoxy) is 1. The molecule has 1 N–H and O–H groups in total. The van der Waals surface area contributed by atoms with Crippen LogP contribution in [0, 0.1) is 6.92 Å². The van der Waals surface area contributed by atoms with Gasteiger partial charge >= 0.3 is 0 Å². The first-order chi connectivity index (χ1) is 11.9. The second kappa shape index (κ2) is 8.56. The summed E-state index contributed by atoms with van der Waals surface area (Å²) in [6.45, 7) is 9.25. The zero-order chi connectivity index (χ0) is 18.4. The number of hydrogen-bond donors (Lipinski definition) is 1. The first-order valence-corrected chi connectivity index (χ1v) is 8.75. The molecule has 4 nitrogen and oxygen atoms in total. The van der Waals surface area contributed by atoms with Crippen LogP contribution in [0.3, 0.4) is 0 Å². The second-order valence-corrected chi connectivity index (χ2v) is 6.60. The molecule has 0 spiro atoms.